The Morgan fingerprint density at radius 2 is 1.36 bits per heavy atom. The van der Waals surface area contributed by atoms with Crippen molar-refractivity contribution < 1.29 is 8.83 Å². The first kappa shape index (κ1) is 27.6. The van der Waals surface area contributed by atoms with E-state index in [0.717, 1.165) is 55.3 Å². The first-order valence-corrected chi connectivity index (χ1v) is 16.2. The van der Waals surface area contributed by atoms with Crippen LogP contribution in [0, 0.1) is 0 Å². The topological polar surface area (TPSA) is 38.6 Å². The van der Waals surface area contributed by atoms with Crippen molar-refractivity contribution in [1.29, 1.82) is 0 Å². The van der Waals surface area contributed by atoms with Gasteiger partial charge in [-0.3, -0.25) is 4.99 Å². The van der Waals surface area contributed by atoms with Crippen molar-refractivity contribution in [1.82, 2.24) is 0 Å². The lowest BCUT2D eigenvalue weighted by Crippen LogP contribution is -2.14. The normalized spacial score (nSPS) is 13.8. The van der Waals surface area contributed by atoms with Crippen LogP contribution in [0.4, 0.5) is 0 Å². The highest BCUT2D eigenvalue weighted by atomic mass is 16.3. The zero-order chi connectivity index (χ0) is 31.7. The van der Waals surface area contributed by atoms with Gasteiger partial charge in [-0.25, -0.2) is 0 Å². The van der Waals surface area contributed by atoms with E-state index in [2.05, 4.69) is 130 Å². The Kier molecular flexibility index (Phi) is 6.13. The Hall–Kier alpha value is -5.67. The Morgan fingerprint density at radius 3 is 2.30 bits per heavy atom. The molecule has 0 saturated heterocycles. The zero-order valence-corrected chi connectivity index (χ0v) is 26.7. The van der Waals surface area contributed by atoms with E-state index in [1.54, 1.807) is 6.26 Å². The van der Waals surface area contributed by atoms with Gasteiger partial charge in [0.1, 0.15) is 16.7 Å². The van der Waals surface area contributed by atoms with Gasteiger partial charge >= 0.3 is 0 Å². The molecular formula is C44H33NO2. The maximum absolute atomic E-state index is 6.36. The maximum atomic E-state index is 6.36. The molecule has 2 heterocycles. The third-order valence-corrected chi connectivity index (χ3v) is 10.1. The predicted octanol–water partition coefficient (Wildman–Crippen LogP) is 12.0. The molecule has 0 spiro atoms. The number of nitrogens with zero attached hydrogens (tertiary/aromatic N) is 1. The van der Waals surface area contributed by atoms with Gasteiger partial charge < -0.3 is 8.83 Å². The molecule has 6 aromatic carbocycles. The summed E-state index contributed by atoms with van der Waals surface area (Å²) in [6, 6.07) is 45.5. The third kappa shape index (κ3) is 4.30. The molecule has 0 aliphatic heterocycles. The van der Waals surface area contributed by atoms with Crippen molar-refractivity contribution >= 4 is 38.6 Å². The van der Waals surface area contributed by atoms with Crippen LogP contribution in [0.25, 0.3) is 66.3 Å². The third-order valence-electron chi connectivity index (χ3n) is 10.1. The highest BCUT2D eigenvalue weighted by molar-refractivity contribution is 6.10. The fraction of sp³-hybridized carbons (Fsp3) is 0.114. The van der Waals surface area contributed by atoms with E-state index < -0.39 is 0 Å². The van der Waals surface area contributed by atoms with E-state index >= 15 is 0 Å². The van der Waals surface area contributed by atoms with Gasteiger partial charge in [0.05, 0.1) is 12.8 Å². The highest BCUT2D eigenvalue weighted by Gasteiger charge is 2.36. The minimum Gasteiger partial charge on any atom is -0.464 e. The average Bonchev–Trinajstić information content (AvgIpc) is 3.80. The molecule has 0 saturated carbocycles. The number of aliphatic imine (C=N–C) groups is 1. The van der Waals surface area contributed by atoms with Crippen LogP contribution >= 0.6 is 0 Å². The van der Waals surface area contributed by atoms with Crippen molar-refractivity contribution in [3.63, 3.8) is 0 Å². The lowest BCUT2D eigenvalue weighted by Gasteiger charge is -2.21. The fourth-order valence-corrected chi connectivity index (χ4v) is 7.67. The molecule has 2 aromatic heterocycles. The highest BCUT2D eigenvalue weighted by Crippen LogP contribution is 2.52. The summed E-state index contributed by atoms with van der Waals surface area (Å²) in [4.78, 5) is 5.04. The molecule has 0 fully saturated rings. The number of rotatable bonds is 5. The molecule has 47 heavy (non-hydrogen) atoms. The summed E-state index contributed by atoms with van der Waals surface area (Å²) in [5.74, 6) is 0. The molecule has 226 valence electrons. The minimum atomic E-state index is -0.0280. The van der Waals surface area contributed by atoms with Gasteiger partial charge in [0.2, 0.25) is 0 Å². The second-order valence-electron chi connectivity index (χ2n) is 13.1. The van der Waals surface area contributed by atoms with E-state index in [-0.39, 0.29) is 5.41 Å². The van der Waals surface area contributed by atoms with Crippen molar-refractivity contribution in [2.45, 2.75) is 32.7 Å². The Morgan fingerprint density at radius 1 is 0.617 bits per heavy atom. The van der Waals surface area contributed by atoms with Crippen molar-refractivity contribution in [3.8, 4) is 33.4 Å². The standard InChI is InChI=1S/C44H33NO2/c1-27(32-14-9-18-39-34(32)22-23-46-39)45-26-31-12-7-19-41-42(31)36-25-29(20-21-40(36)47-41)28-10-6-11-30(24-28)33-15-8-17-38-43(33)35-13-4-5-16-37(35)44(38,2)3/h4-25H,26H2,1-3H3. The summed E-state index contributed by atoms with van der Waals surface area (Å²) in [5.41, 5.74) is 16.2. The first-order chi connectivity index (χ1) is 23.0. The average molecular weight is 608 g/mol. The monoisotopic (exact) mass is 607 g/mol. The summed E-state index contributed by atoms with van der Waals surface area (Å²) in [7, 11) is 0. The Bertz CT molecular complexity index is 2540. The maximum Gasteiger partial charge on any atom is 0.135 e. The van der Waals surface area contributed by atoms with Crippen LogP contribution in [-0.4, -0.2) is 5.71 Å². The molecule has 0 atom stereocenters. The number of hydrogen-bond acceptors (Lipinski definition) is 3. The van der Waals surface area contributed by atoms with Crippen LogP contribution in [-0.2, 0) is 12.0 Å². The number of benzene rings is 6. The molecule has 0 bridgehead atoms. The van der Waals surface area contributed by atoms with E-state index in [1.165, 1.54) is 38.9 Å². The van der Waals surface area contributed by atoms with Crippen molar-refractivity contribution in [2.75, 3.05) is 0 Å². The van der Waals surface area contributed by atoms with Crippen molar-refractivity contribution in [3.05, 3.63) is 156 Å². The lowest BCUT2D eigenvalue weighted by molar-refractivity contribution is 0.616. The molecule has 0 radical (unpaired) electrons. The minimum absolute atomic E-state index is 0.0280. The smallest absolute Gasteiger partial charge is 0.135 e. The summed E-state index contributed by atoms with van der Waals surface area (Å²) in [6.45, 7) is 7.30. The van der Waals surface area contributed by atoms with Crippen LogP contribution in [0.15, 0.2) is 147 Å². The Balaban J connectivity index is 1.12. The largest absolute Gasteiger partial charge is 0.464 e. The molecule has 8 aromatic rings. The van der Waals surface area contributed by atoms with Crippen LogP contribution in [0.1, 0.15) is 43.0 Å². The summed E-state index contributed by atoms with van der Waals surface area (Å²) in [5, 5.41) is 3.32. The van der Waals surface area contributed by atoms with Crippen LogP contribution in [0.3, 0.4) is 0 Å². The zero-order valence-electron chi connectivity index (χ0n) is 26.7. The molecule has 3 heteroatoms. The van der Waals surface area contributed by atoms with Gasteiger partial charge in [0, 0.05) is 32.8 Å². The lowest BCUT2D eigenvalue weighted by atomic mass is 9.82. The molecule has 0 N–H and O–H groups in total. The van der Waals surface area contributed by atoms with Gasteiger partial charge in [0.15, 0.2) is 0 Å². The first-order valence-electron chi connectivity index (χ1n) is 16.2. The van der Waals surface area contributed by atoms with Crippen molar-refractivity contribution in [2.24, 2.45) is 4.99 Å². The molecule has 9 rings (SSSR count). The van der Waals surface area contributed by atoms with Crippen LogP contribution in [0.2, 0.25) is 0 Å². The van der Waals surface area contributed by atoms with Crippen LogP contribution in [0.5, 0.6) is 0 Å². The molecule has 0 unspecified atom stereocenters. The molecule has 0 amide bonds. The van der Waals surface area contributed by atoms with E-state index in [0.29, 0.717) is 6.54 Å². The van der Waals surface area contributed by atoms with Gasteiger partial charge in [-0.2, -0.15) is 0 Å². The van der Waals surface area contributed by atoms with Gasteiger partial charge in [-0.1, -0.05) is 105 Å². The van der Waals surface area contributed by atoms with E-state index in [4.69, 9.17) is 13.8 Å². The molecule has 1 aliphatic rings. The molecular weight excluding hydrogens is 574 g/mol. The summed E-state index contributed by atoms with van der Waals surface area (Å²) < 4.78 is 12.0. The predicted molar refractivity (Wildman–Crippen MR) is 194 cm³/mol. The fourth-order valence-electron chi connectivity index (χ4n) is 7.67. The quantitative estimate of drug-likeness (QED) is 0.183. The van der Waals surface area contributed by atoms with Gasteiger partial charge in [-0.05, 0) is 93.4 Å². The van der Waals surface area contributed by atoms with Crippen LogP contribution < -0.4 is 0 Å². The second kappa shape index (κ2) is 10.4. The van der Waals surface area contributed by atoms with Gasteiger partial charge in [0.25, 0.3) is 0 Å². The summed E-state index contributed by atoms with van der Waals surface area (Å²) in [6.07, 6.45) is 1.74. The second-order valence-corrected chi connectivity index (χ2v) is 13.1. The molecule has 3 nitrogen and oxygen atoms in total. The van der Waals surface area contributed by atoms with E-state index in [9.17, 15) is 0 Å². The Labute approximate surface area is 273 Å². The van der Waals surface area contributed by atoms with Gasteiger partial charge in [-0.15, -0.1) is 0 Å². The SMILES string of the molecule is CC(=NCc1cccc2oc3ccc(-c4cccc(-c5cccc6c5-c5ccccc5C6(C)C)c4)cc3c12)c1cccc2occc12. The number of furan rings is 2. The van der Waals surface area contributed by atoms with E-state index in [1.807, 2.05) is 18.2 Å². The summed E-state index contributed by atoms with van der Waals surface area (Å²) >= 11 is 0. The number of fused-ring (bicyclic) bond motifs is 7. The number of hydrogen-bond donors (Lipinski definition) is 0. The molecule has 1 aliphatic carbocycles.